The quantitative estimate of drug-likeness (QED) is 0.789. The molecule has 2 N–H and O–H groups in total. The molecule has 0 spiro atoms. The molecule has 1 aliphatic carbocycles. The van der Waals surface area contributed by atoms with Crippen LogP contribution in [0.3, 0.4) is 0 Å². The standard InChI is InChI=1S/C23H35N3O2/c1-17(19-10-5-3-6-11-19)24-22(27)18(2)26-15-9-12-20(16-26)23(28)25-21-13-7-4-8-14-21/h3,5-6,10-11,17-18,20-21H,4,7-9,12-16H2,1-2H3,(H,24,27)(H,25,28). The zero-order chi connectivity index (χ0) is 19.9. The molecule has 3 atom stereocenters. The minimum atomic E-state index is -0.226. The predicted molar refractivity (Wildman–Crippen MR) is 112 cm³/mol. The van der Waals surface area contributed by atoms with Crippen molar-refractivity contribution in [2.24, 2.45) is 5.92 Å². The van der Waals surface area contributed by atoms with Crippen molar-refractivity contribution < 1.29 is 9.59 Å². The lowest BCUT2D eigenvalue weighted by atomic mass is 9.92. The van der Waals surface area contributed by atoms with Gasteiger partial charge in [-0.1, -0.05) is 49.6 Å². The molecule has 5 nitrogen and oxygen atoms in total. The SMILES string of the molecule is CC(NC(=O)C(C)N1CCCC(C(=O)NC2CCCCC2)C1)c1ccccc1. The molecule has 2 fully saturated rings. The van der Waals surface area contributed by atoms with Crippen LogP contribution in [0.2, 0.25) is 0 Å². The first-order chi connectivity index (χ1) is 13.5. The second-order valence-electron chi connectivity index (χ2n) is 8.49. The van der Waals surface area contributed by atoms with Crippen LogP contribution in [0.25, 0.3) is 0 Å². The van der Waals surface area contributed by atoms with Crippen molar-refractivity contribution in [3.8, 4) is 0 Å². The van der Waals surface area contributed by atoms with Crippen LogP contribution in [-0.2, 0) is 9.59 Å². The van der Waals surface area contributed by atoms with Crippen molar-refractivity contribution in [3.63, 3.8) is 0 Å². The summed E-state index contributed by atoms with van der Waals surface area (Å²) in [6.07, 6.45) is 7.84. The van der Waals surface area contributed by atoms with Crippen LogP contribution >= 0.6 is 0 Å². The Morgan fingerprint density at radius 3 is 2.43 bits per heavy atom. The van der Waals surface area contributed by atoms with E-state index in [4.69, 9.17) is 0 Å². The number of benzene rings is 1. The van der Waals surface area contributed by atoms with Gasteiger partial charge in [0.25, 0.3) is 0 Å². The Morgan fingerprint density at radius 1 is 1.00 bits per heavy atom. The van der Waals surface area contributed by atoms with Gasteiger partial charge in [-0.25, -0.2) is 0 Å². The molecule has 1 aromatic rings. The van der Waals surface area contributed by atoms with E-state index in [-0.39, 0.29) is 29.8 Å². The van der Waals surface area contributed by atoms with Gasteiger partial charge in [-0.3, -0.25) is 14.5 Å². The summed E-state index contributed by atoms with van der Waals surface area (Å²) in [5.74, 6) is 0.212. The monoisotopic (exact) mass is 385 g/mol. The lowest BCUT2D eigenvalue weighted by Gasteiger charge is -2.36. The van der Waals surface area contributed by atoms with Crippen molar-refractivity contribution in [2.75, 3.05) is 13.1 Å². The van der Waals surface area contributed by atoms with E-state index < -0.39 is 0 Å². The number of likely N-dealkylation sites (tertiary alicyclic amines) is 1. The number of nitrogens with zero attached hydrogens (tertiary/aromatic N) is 1. The topological polar surface area (TPSA) is 61.4 Å². The largest absolute Gasteiger partial charge is 0.353 e. The molecule has 1 aromatic carbocycles. The molecule has 154 valence electrons. The van der Waals surface area contributed by atoms with Gasteiger partial charge in [-0.15, -0.1) is 0 Å². The summed E-state index contributed by atoms with van der Waals surface area (Å²) in [5.41, 5.74) is 1.10. The van der Waals surface area contributed by atoms with Crippen LogP contribution < -0.4 is 10.6 Å². The molecule has 1 heterocycles. The summed E-state index contributed by atoms with van der Waals surface area (Å²) in [6.45, 7) is 5.51. The van der Waals surface area contributed by atoms with Gasteiger partial charge in [0.05, 0.1) is 18.0 Å². The Balaban J connectivity index is 1.50. The molecule has 1 saturated carbocycles. The Kier molecular flexibility index (Phi) is 7.49. The van der Waals surface area contributed by atoms with Crippen LogP contribution in [0.1, 0.15) is 70.4 Å². The first kappa shape index (κ1) is 20.8. The molecule has 28 heavy (non-hydrogen) atoms. The Bertz CT molecular complexity index is 643. The highest BCUT2D eigenvalue weighted by Gasteiger charge is 2.32. The number of hydrogen-bond acceptors (Lipinski definition) is 3. The van der Waals surface area contributed by atoms with Gasteiger partial charge in [-0.05, 0) is 51.6 Å². The van der Waals surface area contributed by atoms with Crippen molar-refractivity contribution >= 4 is 11.8 Å². The van der Waals surface area contributed by atoms with E-state index in [2.05, 4.69) is 15.5 Å². The molecule has 2 aliphatic rings. The third-order valence-electron chi connectivity index (χ3n) is 6.36. The van der Waals surface area contributed by atoms with E-state index in [9.17, 15) is 9.59 Å². The number of carbonyl (C=O) groups is 2. The molecule has 3 unspecified atom stereocenters. The first-order valence-electron chi connectivity index (χ1n) is 10.9. The smallest absolute Gasteiger partial charge is 0.237 e. The molecule has 1 aliphatic heterocycles. The molecule has 0 aromatic heterocycles. The fraction of sp³-hybridized carbons (Fsp3) is 0.652. The van der Waals surface area contributed by atoms with Gasteiger partial charge >= 0.3 is 0 Å². The number of rotatable bonds is 6. The fourth-order valence-corrected chi connectivity index (χ4v) is 4.46. The summed E-state index contributed by atoms with van der Waals surface area (Å²) in [5, 5.41) is 6.39. The molecule has 1 saturated heterocycles. The Hall–Kier alpha value is -1.88. The number of piperidine rings is 1. The molecule has 0 radical (unpaired) electrons. The van der Waals surface area contributed by atoms with Crippen molar-refractivity contribution in [1.82, 2.24) is 15.5 Å². The van der Waals surface area contributed by atoms with Gasteiger partial charge in [0, 0.05) is 12.6 Å². The molecular weight excluding hydrogens is 350 g/mol. The second-order valence-corrected chi connectivity index (χ2v) is 8.49. The zero-order valence-corrected chi connectivity index (χ0v) is 17.3. The molecule has 2 amide bonds. The minimum absolute atomic E-state index is 0.00234. The van der Waals surface area contributed by atoms with E-state index in [0.29, 0.717) is 12.6 Å². The van der Waals surface area contributed by atoms with Crippen LogP contribution in [0.4, 0.5) is 0 Å². The number of nitrogens with one attached hydrogen (secondary N) is 2. The number of hydrogen-bond donors (Lipinski definition) is 2. The zero-order valence-electron chi connectivity index (χ0n) is 17.3. The van der Waals surface area contributed by atoms with Crippen molar-refractivity contribution in [2.45, 2.75) is 76.9 Å². The Morgan fingerprint density at radius 2 is 1.71 bits per heavy atom. The van der Waals surface area contributed by atoms with Crippen LogP contribution in [0.5, 0.6) is 0 Å². The second kappa shape index (κ2) is 10.1. The first-order valence-corrected chi connectivity index (χ1v) is 10.9. The summed E-state index contributed by atoms with van der Waals surface area (Å²) in [6, 6.07) is 10.1. The van der Waals surface area contributed by atoms with E-state index in [1.807, 2.05) is 44.2 Å². The van der Waals surface area contributed by atoms with Crippen LogP contribution in [0.15, 0.2) is 30.3 Å². The van der Waals surface area contributed by atoms with E-state index in [0.717, 1.165) is 37.8 Å². The maximum atomic E-state index is 12.8. The minimum Gasteiger partial charge on any atom is -0.353 e. The summed E-state index contributed by atoms with van der Waals surface area (Å²) in [7, 11) is 0. The molecule has 0 bridgehead atoms. The van der Waals surface area contributed by atoms with E-state index >= 15 is 0 Å². The summed E-state index contributed by atoms with van der Waals surface area (Å²) >= 11 is 0. The lowest BCUT2D eigenvalue weighted by molar-refractivity contribution is -0.132. The van der Waals surface area contributed by atoms with Gasteiger partial charge < -0.3 is 10.6 Å². The van der Waals surface area contributed by atoms with Crippen LogP contribution in [0, 0.1) is 5.92 Å². The number of amides is 2. The van der Waals surface area contributed by atoms with Gasteiger partial charge in [0.2, 0.25) is 11.8 Å². The highest BCUT2D eigenvalue weighted by Crippen LogP contribution is 2.22. The van der Waals surface area contributed by atoms with Gasteiger partial charge in [0.15, 0.2) is 0 Å². The summed E-state index contributed by atoms with van der Waals surface area (Å²) < 4.78 is 0. The van der Waals surface area contributed by atoms with E-state index in [1.54, 1.807) is 0 Å². The molecule has 5 heteroatoms. The highest BCUT2D eigenvalue weighted by molar-refractivity contribution is 5.82. The summed E-state index contributed by atoms with van der Waals surface area (Å²) in [4.78, 5) is 27.7. The normalized spacial score (nSPS) is 23.6. The van der Waals surface area contributed by atoms with Gasteiger partial charge in [0.1, 0.15) is 0 Å². The molecule has 3 rings (SSSR count). The maximum Gasteiger partial charge on any atom is 0.237 e. The highest BCUT2D eigenvalue weighted by atomic mass is 16.2. The third-order valence-corrected chi connectivity index (χ3v) is 6.36. The van der Waals surface area contributed by atoms with Crippen molar-refractivity contribution in [3.05, 3.63) is 35.9 Å². The predicted octanol–water partition coefficient (Wildman–Crippen LogP) is 3.41. The van der Waals surface area contributed by atoms with Gasteiger partial charge in [-0.2, -0.15) is 0 Å². The lowest BCUT2D eigenvalue weighted by Crippen LogP contribution is -2.52. The third kappa shape index (κ3) is 5.57. The Labute approximate surface area is 169 Å². The average molecular weight is 386 g/mol. The van der Waals surface area contributed by atoms with Crippen LogP contribution in [-0.4, -0.2) is 41.9 Å². The van der Waals surface area contributed by atoms with Crippen molar-refractivity contribution in [1.29, 1.82) is 0 Å². The maximum absolute atomic E-state index is 12.8. The number of carbonyl (C=O) groups excluding carboxylic acids is 2. The fourth-order valence-electron chi connectivity index (χ4n) is 4.46. The van der Waals surface area contributed by atoms with E-state index in [1.165, 1.54) is 19.3 Å². The molecular formula is C23H35N3O2. The average Bonchev–Trinajstić information content (AvgIpc) is 2.74.